The number of hydrogen-bond donors (Lipinski definition) is 0. The van der Waals surface area contributed by atoms with Crippen LogP contribution >= 0.6 is 0 Å². The lowest BCUT2D eigenvalue weighted by Gasteiger charge is -2.27. The van der Waals surface area contributed by atoms with E-state index in [4.69, 9.17) is 9.47 Å². The highest BCUT2D eigenvalue weighted by Gasteiger charge is 2.42. The van der Waals surface area contributed by atoms with E-state index in [9.17, 15) is 9.59 Å². The zero-order valence-corrected chi connectivity index (χ0v) is 15.1. The minimum Gasteiger partial charge on any atom is -0.465 e. The maximum absolute atomic E-state index is 12.3. The smallest absolute Gasteiger partial charge is 0.309 e. The Hall–Kier alpha value is -1.58. The molecule has 0 aliphatic heterocycles. The molecule has 0 aromatic carbocycles. The quantitative estimate of drug-likeness (QED) is 0.546. The number of esters is 2. The SMILES string of the molecule is CC(C)(COC(=O)C1CC2C=CC1C2)COC(=O)C1C[C@H]2C=CC1C2. The van der Waals surface area contributed by atoms with Gasteiger partial charge < -0.3 is 9.47 Å². The summed E-state index contributed by atoms with van der Waals surface area (Å²) in [6, 6.07) is 0. The van der Waals surface area contributed by atoms with Crippen molar-refractivity contribution in [2.45, 2.75) is 39.5 Å². The fourth-order valence-corrected chi connectivity index (χ4v) is 4.89. The summed E-state index contributed by atoms with van der Waals surface area (Å²) in [5.74, 6) is 1.72. The molecule has 0 radical (unpaired) electrons. The van der Waals surface area contributed by atoms with Crippen molar-refractivity contribution in [3.8, 4) is 0 Å². The first kappa shape index (κ1) is 16.9. The molecule has 2 saturated carbocycles. The minimum absolute atomic E-state index is 0.0224. The molecule has 136 valence electrons. The lowest BCUT2D eigenvalue weighted by Crippen LogP contribution is -2.32. The van der Waals surface area contributed by atoms with E-state index in [0.717, 1.165) is 25.7 Å². The van der Waals surface area contributed by atoms with E-state index < -0.39 is 0 Å². The van der Waals surface area contributed by atoms with Crippen LogP contribution in [-0.4, -0.2) is 25.2 Å². The maximum Gasteiger partial charge on any atom is 0.309 e. The zero-order chi connectivity index (χ0) is 17.6. The molecule has 0 aromatic heterocycles. The van der Waals surface area contributed by atoms with Crippen molar-refractivity contribution in [2.24, 2.45) is 40.9 Å². The van der Waals surface area contributed by atoms with Gasteiger partial charge in [0.25, 0.3) is 0 Å². The van der Waals surface area contributed by atoms with E-state index in [2.05, 4.69) is 24.3 Å². The molecule has 4 aliphatic rings. The van der Waals surface area contributed by atoms with Crippen molar-refractivity contribution in [3.05, 3.63) is 24.3 Å². The molecule has 0 heterocycles. The Kier molecular flexibility index (Phi) is 4.25. The molecular formula is C21H28O4. The van der Waals surface area contributed by atoms with Crippen LogP contribution in [0.15, 0.2) is 24.3 Å². The second-order valence-corrected chi connectivity index (χ2v) is 9.15. The van der Waals surface area contributed by atoms with Crippen LogP contribution in [0, 0.1) is 40.9 Å². The highest BCUT2D eigenvalue weighted by atomic mass is 16.5. The van der Waals surface area contributed by atoms with Gasteiger partial charge in [-0.3, -0.25) is 9.59 Å². The third kappa shape index (κ3) is 3.40. The van der Waals surface area contributed by atoms with Gasteiger partial charge in [0.05, 0.1) is 25.0 Å². The number of fused-ring (bicyclic) bond motifs is 4. The molecule has 4 heteroatoms. The Bertz CT molecular complexity index is 565. The van der Waals surface area contributed by atoms with Crippen molar-refractivity contribution in [2.75, 3.05) is 13.2 Å². The number of ether oxygens (including phenoxy) is 2. The molecule has 4 aliphatic carbocycles. The van der Waals surface area contributed by atoms with Crippen molar-refractivity contribution in [1.82, 2.24) is 0 Å². The van der Waals surface area contributed by atoms with E-state index in [1.165, 1.54) is 0 Å². The number of allylic oxidation sites excluding steroid dienone is 4. The first-order chi connectivity index (χ1) is 11.9. The van der Waals surface area contributed by atoms with Gasteiger partial charge in [0.1, 0.15) is 0 Å². The fraction of sp³-hybridized carbons (Fsp3) is 0.714. The Labute approximate surface area is 149 Å². The van der Waals surface area contributed by atoms with Crippen LogP contribution in [0.2, 0.25) is 0 Å². The molecule has 4 nitrogen and oxygen atoms in total. The summed E-state index contributed by atoms with van der Waals surface area (Å²) in [6.07, 6.45) is 12.8. The molecule has 6 atom stereocenters. The molecule has 0 N–H and O–H groups in total. The van der Waals surface area contributed by atoms with Crippen LogP contribution in [0.4, 0.5) is 0 Å². The summed E-state index contributed by atoms with van der Waals surface area (Å²) in [5, 5.41) is 0. The van der Waals surface area contributed by atoms with Crippen molar-refractivity contribution in [1.29, 1.82) is 0 Å². The average molecular weight is 344 g/mol. The summed E-state index contributed by atoms with van der Waals surface area (Å²) < 4.78 is 11.2. The second-order valence-electron chi connectivity index (χ2n) is 9.15. The number of hydrogen-bond acceptors (Lipinski definition) is 4. The standard InChI is InChI=1S/C21H28O4/c1-21(2,11-24-19(22)17-9-13-3-5-15(17)7-13)12-25-20(23)18-10-14-4-6-16(18)8-14/h3-6,13-18H,7-12H2,1-2H3/t13-,14?,15?,16?,17?,18?/m0/s1. The molecule has 5 unspecified atom stereocenters. The largest absolute Gasteiger partial charge is 0.465 e. The fourth-order valence-electron chi connectivity index (χ4n) is 4.89. The second kappa shape index (κ2) is 6.30. The predicted octanol–water partition coefficient (Wildman–Crippen LogP) is 3.52. The van der Waals surface area contributed by atoms with Crippen LogP contribution in [0.1, 0.15) is 39.5 Å². The summed E-state index contributed by atoms with van der Waals surface area (Å²) >= 11 is 0. The van der Waals surface area contributed by atoms with Gasteiger partial charge in [-0.15, -0.1) is 0 Å². The van der Waals surface area contributed by atoms with Gasteiger partial charge in [0.2, 0.25) is 0 Å². The van der Waals surface area contributed by atoms with E-state index in [-0.39, 0.29) is 29.2 Å². The van der Waals surface area contributed by atoms with Crippen molar-refractivity contribution < 1.29 is 19.1 Å². The van der Waals surface area contributed by atoms with Crippen molar-refractivity contribution >= 4 is 11.9 Å². The zero-order valence-electron chi connectivity index (χ0n) is 15.1. The Morgan fingerprint density at radius 3 is 1.56 bits per heavy atom. The molecule has 0 saturated heterocycles. The van der Waals surface area contributed by atoms with E-state index in [1.807, 2.05) is 13.8 Å². The monoisotopic (exact) mass is 344 g/mol. The Morgan fingerprint density at radius 2 is 1.24 bits per heavy atom. The van der Waals surface area contributed by atoms with Crippen LogP contribution in [-0.2, 0) is 19.1 Å². The lowest BCUT2D eigenvalue weighted by atomic mass is 9.92. The normalized spacial score (nSPS) is 37.7. The molecule has 4 rings (SSSR count). The number of carbonyl (C=O) groups excluding carboxylic acids is 2. The van der Waals surface area contributed by atoms with Gasteiger partial charge in [-0.1, -0.05) is 38.2 Å². The molecule has 0 aromatic rings. The van der Waals surface area contributed by atoms with Crippen molar-refractivity contribution in [3.63, 3.8) is 0 Å². The highest BCUT2D eigenvalue weighted by Crippen LogP contribution is 2.45. The van der Waals surface area contributed by atoms with Gasteiger partial charge in [-0.2, -0.15) is 0 Å². The molecule has 0 spiro atoms. The Morgan fingerprint density at radius 1 is 0.800 bits per heavy atom. The van der Waals surface area contributed by atoms with Gasteiger partial charge in [0, 0.05) is 5.41 Å². The van der Waals surface area contributed by atoms with Gasteiger partial charge in [0.15, 0.2) is 0 Å². The van der Waals surface area contributed by atoms with E-state index in [1.54, 1.807) is 0 Å². The predicted molar refractivity (Wildman–Crippen MR) is 93.4 cm³/mol. The topological polar surface area (TPSA) is 52.6 Å². The highest BCUT2D eigenvalue weighted by molar-refractivity contribution is 5.74. The summed E-state index contributed by atoms with van der Waals surface area (Å²) in [6.45, 7) is 4.56. The first-order valence-corrected chi connectivity index (χ1v) is 9.61. The van der Waals surface area contributed by atoms with Crippen LogP contribution in [0.3, 0.4) is 0 Å². The number of carbonyl (C=O) groups is 2. The Balaban J connectivity index is 1.22. The van der Waals surface area contributed by atoms with E-state index in [0.29, 0.717) is 36.9 Å². The number of rotatable bonds is 6. The van der Waals surface area contributed by atoms with Crippen LogP contribution < -0.4 is 0 Å². The minimum atomic E-state index is -0.355. The maximum atomic E-state index is 12.3. The molecule has 4 bridgehead atoms. The summed E-state index contributed by atoms with van der Waals surface area (Å²) in [7, 11) is 0. The molecule has 2 fully saturated rings. The average Bonchev–Trinajstić information content (AvgIpc) is 3.37. The molecule has 0 amide bonds. The molecular weight excluding hydrogens is 316 g/mol. The third-order valence-electron chi connectivity index (χ3n) is 6.37. The van der Waals surface area contributed by atoms with Gasteiger partial charge in [-0.05, 0) is 49.4 Å². The summed E-state index contributed by atoms with van der Waals surface area (Å²) in [5.41, 5.74) is -0.355. The van der Waals surface area contributed by atoms with E-state index >= 15 is 0 Å². The summed E-state index contributed by atoms with van der Waals surface area (Å²) in [4.78, 5) is 24.7. The van der Waals surface area contributed by atoms with Gasteiger partial charge >= 0.3 is 11.9 Å². The molecule has 25 heavy (non-hydrogen) atoms. The van der Waals surface area contributed by atoms with Gasteiger partial charge in [-0.25, -0.2) is 0 Å². The first-order valence-electron chi connectivity index (χ1n) is 9.61. The lowest BCUT2D eigenvalue weighted by molar-refractivity contribution is -0.158. The van der Waals surface area contributed by atoms with Crippen LogP contribution in [0.25, 0.3) is 0 Å². The van der Waals surface area contributed by atoms with Crippen LogP contribution in [0.5, 0.6) is 0 Å². The third-order valence-corrected chi connectivity index (χ3v) is 6.37.